The van der Waals surface area contributed by atoms with Crippen LogP contribution in [0.1, 0.15) is 25.3 Å². The molecule has 2 aliphatic rings. The molecule has 2 atom stereocenters. The SMILES string of the molecule is CCOC(=O)C1(C(=O)OCC)[C@H](c2ccc3c(c2)OCO3)[C@H]1S(=O)(=O)c1ccc(Cl)cc1. The summed E-state index contributed by atoms with van der Waals surface area (Å²) < 4.78 is 48.4. The number of hydrogen-bond acceptors (Lipinski definition) is 8. The highest BCUT2D eigenvalue weighted by molar-refractivity contribution is 7.92. The topological polar surface area (TPSA) is 105 Å². The number of fused-ring (bicyclic) bond motifs is 1. The van der Waals surface area contributed by atoms with E-state index >= 15 is 0 Å². The van der Waals surface area contributed by atoms with Crippen molar-refractivity contribution in [3.63, 3.8) is 0 Å². The minimum Gasteiger partial charge on any atom is -0.465 e. The molecule has 1 saturated carbocycles. The first kappa shape index (κ1) is 22.4. The highest BCUT2D eigenvalue weighted by Gasteiger charge is 2.82. The average molecular weight is 481 g/mol. The Labute approximate surface area is 190 Å². The van der Waals surface area contributed by atoms with Crippen LogP contribution >= 0.6 is 11.6 Å². The van der Waals surface area contributed by atoms with Gasteiger partial charge in [-0.15, -0.1) is 0 Å². The maximum Gasteiger partial charge on any atom is 0.325 e. The van der Waals surface area contributed by atoms with Crippen LogP contribution in [0.4, 0.5) is 0 Å². The van der Waals surface area contributed by atoms with Crippen LogP contribution in [-0.2, 0) is 28.9 Å². The van der Waals surface area contributed by atoms with Gasteiger partial charge in [0.05, 0.1) is 18.1 Å². The van der Waals surface area contributed by atoms with E-state index in [1.54, 1.807) is 32.0 Å². The van der Waals surface area contributed by atoms with E-state index in [4.69, 9.17) is 30.5 Å². The second kappa shape index (κ2) is 8.29. The molecule has 1 heterocycles. The Morgan fingerprint density at radius 1 is 1.00 bits per heavy atom. The Hall–Kier alpha value is -2.78. The molecule has 0 spiro atoms. The van der Waals surface area contributed by atoms with Crippen molar-refractivity contribution in [3.05, 3.63) is 53.1 Å². The molecule has 0 bridgehead atoms. The molecule has 32 heavy (non-hydrogen) atoms. The van der Waals surface area contributed by atoms with E-state index in [0.717, 1.165) is 0 Å². The highest BCUT2D eigenvalue weighted by atomic mass is 35.5. The van der Waals surface area contributed by atoms with E-state index in [0.29, 0.717) is 22.1 Å². The molecular formula is C22H21ClO8S. The summed E-state index contributed by atoms with van der Waals surface area (Å²) in [5, 5.41) is -1.07. The van der Waals surface area contributed by atoms with E-state index in [-0.39, 0.29) is 24.9 Å². The van der Waals surface area contributed by atoms with Crippen molar-refractivity contribution in [2.24, 2.45) is 5.41 Å². The van der Waals surface area contributed by atoms with E-state index in [2.05, 4.69) is 0 Å². The zero-order chi connectivity index (χ0) is 23.1. The Morgan fingerprint density at radius 3 is 2.19 bits per heavy atom. The molecule has 0 saturated heterocycles. The Bertz CT molecular complexity index is 1140. The van der Waals surface area contributed by atoms with Crippen molar-refractivity contribution in [2.45, 2.75) is 29.9 Å². The van der Waals surface area contributed by atoms with Crippen molar-refractivity contribution >= 4 is 33.4 Å². The molecule has 8 nitrogen and oxygen atoms in total. The monoisotopic (exact) mass is 480 g/mol. The first-order valence-electron chi connectivity index (χ1n) is 10.0. The Kier molecular flexibility index (Phi) is 5.81. The number of carbonyl (C=O) groups excluding carboxylic acids is 2. The first-order valence-corrected chi connectivity index (χ1v) is 11.9. The largest absolute Gasteiger partial charge is 0.465 e. The highest BCUT2D eigenvalue weighted by Crippen LogP contribution is 2.66. The lowest BCUT2D eigenvalue weighted by Gasteiger charge is -2.15. The minimum absolute atomic E-state index is 0.0247. The van der Waals surface area contributed by atoms with Crippen molar-refractivity contribution < 1.29 is 37.0 Å². The van der Waals surface area contributed by atoms with Crippen molar-refractivity contribution in [3.8, 4) is 11.5 Å². The quantitative estimate of drug-likeness (QED) is 0.439. The third-order valence-corrected chi connectivity index (χ3v) is 8.09. The predicted molar refractivity (Wildman–Crippen MR) is 113 cm³/mol. The fourth-order valence-corrected chi connectivity index (χ4v) is 6.58. The predicted octanol–water partition coefficient (Wildman–Crippen LogP) is 3.12. The van der Waals surface area contributed by atoms with Gasteiger partial charge in [0, 0.05) is 10.9 Å². The molecule has 0 N–H and O–H groups in total. The van der Waals surface area contributed by atoms with E-state index in [1.807, 2.05) is 0 Å². The van der Waals surface area contributed by atoms with Gasteiger partial charge in [0.1, 0.15) is 5.25 Å². The lowest BCUT2D eigenvalue weighted by Crippen LogP contribution is -2.35. The molecular weight excluding hydrogens is 460 g/mol. The smallest absolute Gasteiger partial charge is 0.325 e. The minimum atomic E-state index is -4.16. The third kappa shape index (κ3) is 3.40. The molecule has 170 valence electrons. The third-order valence-electron chi connectivity index (χ3n) is 5.59. The molecule has 0 aromatic heterocycles. The molecule has 1 aliphatic heterocycles. The van der Waals surface area contributed by atoms with Crippen molar-refractivity contribution in [1.82, 2.24) is 0 Å². The summed E-state index contributed by atoms with van der Waals surface area (Å²) >= 11 is 5.91. The number of rotatable bonds is 7. The molecule has 0 amide bonds. The van der Waals surface area contributed by atoms with Crippen LogP contribution in [0.3, 0.4) is 0 Å². The standard InChI is InChI=1S/C22H21ClO8S/c1-3-28-20(24)22(21(25)29-4-2)18(13-5-10-16-17(11-13)31-12-30-16)19(22)32(26,27)15-8-6-14(23)7-9-15/h5-11,18-19H,3-4,12H2,1-2H3/t18-,19-/m1/s1. The zero-order valence-electron chi connectivity index (χ0n) is 17.4. The molecule has 4 rings (SSSR count). The first-order chi connectivity index (χ1) is 15.3. The molecule has 10 heteroatoms. The van der Waals surface area contributed by atoms with Gasteiger partial charge in [0.2, 0.25) is 6.79 Å². The van der Waals surface area contributed by atoms with Crippen molar-refractivity contribution in [2.75, 3.05) is 20.0 Å². The number of ether oxygens (including phenoxy) is 4. The summed E-state index contributed by atoms with van der Waals surface area (Å²) in [7, 11) is -4.16. The van der Waals surface area contributed by atoms with Gasteiger partial charge in [0.25, 0.3) is 0 Å². The van der Waals surface area contributed by atoms with Gasteiger partial charge in [-0.2, -0.15) is 0 Å². The van der Waals surface area contributed by atoms with Gasteiger partial charge in [-0.3, -0.25) is 9.59 Å². The zero-order valence-corrected chi connectivity index (χ0v) is 18.9. The van der Waals surface area contributed by atoms with Gasteiger partial charge in [-0.1, -0.05) is 17.7 Å². The normalized spacial score (nSPS) is 20.5. The lowest BCUT2D eigenvalue weighted by molar-refractivity contribution is -0.164. The summed E-state index contributed by atoms with van der Waals surface area (Å²) in [5.41, 5.74) is -1.61. The van der Waals surface area contributed by atoms with E-state index < -0.39 is 38.4 Å². The lowest BCUT2D eigenvalue weighted by atomic mass is 9.98. The van der Waals surface area contributed by atoms with Crippen LogP contribution in [0.15, 0.2) is 47.4 Å². The molecule has 2 aromatic rings. The Balaban J connectivity index is 1.88. The van der Waals surface area contributed by atoms with Gasteiger partial charge in [0.15, 0.2) is 26.8 Å². The van der Waals surface area contributed by atoms with Gasteiger partial charge in [-0.25, -0.2) is 8.42 Å². The summed E-state index contributed by atoms with van der Waals surface area (Å²) in [6.45, 7) is 3.13. The fraction of sp³-hybridized carbons (Fsp3) is 0.364. The number of sulfone groups is 1. The second-order valence-electron chi connectivity index (χ2n) is 7.32. The summed E-state index contributed by atoms with van der Waals surface area (Å²) in [5.74, 6) is -2.02. The van der Waals surface area contributed by atoms with Gasteiger partial charge < -0.3 is 18.9 Å². The molecule has 1 fully saturated rings. The number of hydrogen-bond donors (Lipinski definition) is 0. The van der Waals surface area contributed by atoms with Crippen molar-refractivity contribution in [1.29, 1.82) is 0 Å². The average Bonchev–Trinajstić information content (AvgIpc) is 3.29. The number of benzene rings is 2. The Morgan fingerprint density at radius 2 is 1.59 bits per heavy atom. The summed E-state index contributed by atoms with van der Waals surface area (Å²) in [6, 6.07) is 10.4. The maximum atomic E-state index is 13.6. The molecule has 0 unspecified atom stereocenters. The molecule has 1 aliphatic carbocycles. The second-order valence-corrected chi connectivity index (χ2v) is 9.83. The van der Waals surface area contributed by atoms with Crippen LogP contribution in [0.5, 0.6) is 11.5 Å². The number of carbonyl (C=O) groups is 2. The molecule has 0 radical (unpaired) electrons. The van der Waals surface area contributed by atoms with Crippen LogP contribution in [0.25, 0.3) is 0 Å². The van der Waals surface area contributed by atoms with Crippen LogP contribution in [0, 0.1) is 5.41 Å². The summed E-state index contributed by atoms with van der Waals surface area (Å²) in [4.78, 5) is 26.2. The van der Waals surface area contributed by atoms with E-state index in [9.17, 15) is 18.0 Å². The van der Waals surface area contributed by atoms with Gasteiger partial charge >= 0.3 is 11.9 Å². The van der Waals surface area contributed by atoms with Crippen LogP contribution < -0.4 is 9.47 Å². The number of halogens is 1. The van der Waals surface area contributed by atoms with Crippen LogP contribution in [-0.4, -0.2) is 45.6 Å². The number of esters is 2. The fourth-order valence-electron chi connectivity index (χ4n) is 4.17. The maximum absolute atomic E-state index is 13.6. The van der Waals surface area contributed by atoms with Crippen LogP contribution in [0.2, 0.25) is 5.02 Å². The van der Waals surface area contributed by atoms with E-state index in [1.165, 1.54) is 24.3 Å². The molecule has 2 aromatic carbocycles. The van der Waals surface area contributed by atoms with Gasteiger partial charge in [-0.05, 0) is 55.8 Å². The summed E-state index contributed by atoms with van der Waals surface area (Å²) in [6.07, 6.45) is 0.